The standard InChI is InChI=1S/C17H26N2O/c1-17(2)11-7-6-10-15(17)19-16(20)14(18)12-13-8-4-3-5-9-13/h3-5,8-9,14-15H,6-7,10-12,18H2,1-2H3,(H,19,20)/t14-,15?/m1/s1. The number of amides is 1. The third-order valence-electron chi connectivity index (χ3n) is 4.46. The molecule has 2 rings (SSSR count). The number of nitrogens with two attached hydrogens (primary N) is 1. The lowest BCUT2D eigenvalue weighted by Gasteiger charge is -2.39. The van der Waals surface area contributed by atoms with Crippen molar-refractivity contribution in [3.05, 3.63) is 35.9 Å². The van der Waals surface area contributed by atoms with Crippen molar-refractivity contribution in [3.8, 4) is 0 Å². The van der Waals surface area contributed by atoms with Crippen molar-refractivity contribution in [2.24, 2.45) is 11.1 Å². The Balaban J connectivity index is 1.90. The highest BCUT2D eigenvalue weighted by atomic mass is 16.2. The molecule has 110 valence electrons. The summed E-state index contributed by atoms with van der Waals surface area (Å²) in [5.74, 6) is -0.0196. The van der Waals surface area contributed by atoms with Gasteiger partial charge in [-0.15, -0.1) is 0 Å². The van der Waals surface area contributed by atoms with E-state index in [9.17, 15) is 4.79 Å². The van der Waals surface area contributed by atoms with E-state index in [1.165, 1.54) is 19.3 Å². The van der Waals surface area contributed by atoms with Crippen LogP contribution in [0, 0.1) is 5.41 Å². The van der Waals surface area contributed by atoms with Gasteiger partial charge in [0.25, 0.3) is 0 Å². The molecule has 3 N–H and O–H groups in total. The van der Waals surface area contributed by atoms with Crippen LogP contribution < -0.4 is 11.1 Å². The van der Waals surface area contributed by atoms with Crippen LogP contribution in [0.2, 0.25) is 0 Å². The minimum absolute atomic E-state index is 0.0196. The first-order valence-corrected chi connectivity index (χ1v) is 7.59. The Kier molecular flexibility index (Phi) is 4.81. The third kappa shape index (κ3) is 3.83. The van der Waals surface area contributed by atoms with E-state index in [2.05, 4.69) is 19.2 Å². The lowest BCUT2D eigenvalue weighted by Crippen LogP contribution is -2.52. The molecule has 1 fully saturated rings. The SMILES string of the molecule is CC1(C)CCCCC1NC(=O)[C@H](N)Cc1ccccc1. The largest absolute Gasteiger partial charge is 0.351 e. The number of carbonyl (C=O) groups excluding carboxylic acids is 1. The summed E-state index contributed by atoms with van der Waals surface area (Å²) in [4.78, 5) is 12.3. The van der Waals surface area contributed by atoms with Gasteiger partial charge in [0, 0.05) is 6.04 Å². The van der Waals surface area contributed by atoms with Gasteiger partial charge < -0.3 is 11.1 Å². The summed E-state index contributed by atoms with van der Waals surface area (Å²) >= 11 is 0. The number of hydrogen-bond acceptors (Lipinski definition) is 2. The molecule has 1 amide bonds. The molecule has 1 aliphatic rings. The lowest BCUT2D eigenvalue weighted by molar-refractivity contribution is -0.124. The molecule has 1 aliphatic carbocycles. The van der Waals surface area contributed by atoms with Crippen LogP contribution in [-0.4, -0.2) is 18.0 Å². The van der Waals surface area contributed by atoms with Crippen LogP contribution in [0.25, 0.3) is 0 Å². The molecule has 3 nitrogen and oxygen atoms in total. The van der Waals surface area contributed by atoms with E-state index in [0.29, 0.717) is 6.42 Å². The Morgan fingerprint density at radius 3 is 2.70 bits per heavy atom. The maximum Gasteiger partial charge on any atom is 0.237 e. The van der Waals surface area contributed by atoms with Crippen LogP contribution in [-0.2, 0) is 11.2 Å². The topological polar surface area (TPSA) is 55.1 Å². The van der Waals surface area contributed by atoms with Gasteiger partial charge in [0.1, 0.15) is 0 Å². The van der Waals surface area contributed by atoms with Gasteiger partial charge in [0.2, 0.25) is 5.91 Å². The smallest absolute Gasteiger partial charge is 0.237 e. The summed E-state index contributed by atoms with van der Waals surface area (Å²) in [6, 6.07) is 9.74. The van der Waals surface area contributed by atoms with Crippen molar-refractivity contribution in [1.29, 1.82) is 0 Å². The average molecular weight is 274 g/mol. The first-order chi connectivity index (χ1) is 9.49. The Morgan fingerprint density at radius 2 is 2.05 bits per heavy atom. The molecule has 3 heteroatoms. The number of rotatable bonds is 4. The van der Waals surface area contributed by atoms with E-state index >= 15 is 0 Å². The molecule has 0 saturated heterocycles. The molecule has 1 saturated carbocycles. The predicted molar refractivity (Wildman–Crippen MR) is 82.3 cm³/mol. The quantitative estimate of drug-likeness (QED) is 0.887. The molecule has 0 heterocycles. The second kappa shape index (κ2) is 6.40. The maximum absolute atomic E-state index is 12.3. The Labute approximate surface area is 121 Å². The highest BCUT2D eigenvalue weighted by Gasteiger charge is 2.33. The molecule has 0 aliphatic heterocycles. The van der Waals surface area contributed by atoms with Gasteiger partial charge in [-0.2, -0.15) is 0 Å². The summed E-state index contributed by atoms with van der Waals surface area (Å²) in [5.41, 5.74) is 7.33. The van der Waals surface area contributed by atoms with Crippen LogP contribution in [0.5, 0.6) is 0 Å². The first kappa shape index (κ1) is 15.0. The Bertz CT molecular complexity index is 442. The minimum Gasteiger partial charge on any atom is -0.351 e. The van der Waals surface area contributed by atoms with Crippen molar-refractivity contribution >= 4 is 5.91 Å². The molecule has 0 spiro atoms. The van der Waals surface area contributed by atoms with Crippen molar-refractivity contribution in [3.63, 3.8) is 0 Å². The second-order valence-electron chi connectivity index (χ2n) is 6.59. The molecule has 1 aromatic carbocycles. The Morgan fingerprint density at radius 1 is 1.35 bits per heavy atom. The fraction of sp³-hybridized carbons (Fsp3) is 0.588. The van der Waals surface area contributed by atoms with Crippen LogP contribution >= 0.6 is 0 Å². The van der Waals surface area contributed by atoms with Gasteiger partial charge in [0.05, 0.1) is 6.04 Å². The van der Waals surface area contributed by atoms with E-state index in [1.54, 1.807) is 0 Å². The molecule has 1 unspecified atom stereocenters. The number of benzene rings is 1. The van der Waals surface area contributed by atoms with Crippen molar-refractivity contribution in [1.82, 2.24) is 5.32 Å². The van der Waals surface area contributed by atoms with Gasteiger partial charge in [-0.05, 0) is 30.2 Å². The van der Waals surface area contributed by atoms with E-state index in [4.69, 9.17) is 5.73 Å². The first-order valence-electron chi connectivity index (χ1n) is 7.59. The molecule has 0 bridgehead atoms. The minimum atomic E-state index is -0.463. The zero-order valence-electron chi connectivity index (χ0n) is 12.6. The monoisotopic (exact) mass is 274 g/mol. The van der Waals surface area contributed by atoms with Gasteiger partial charge in [-0.25, -0.2) is 0 Å². The molecule has 0 aromatic heterocycles. The van der Waals surface area contributed by atoms with Crippen LogP contribution in [0.3, 0.4) is 0 Å². The summed E-state index contributed by atoms with van der Waals surface area (Å²) < 4.78 is 0. The summed E-state index contributed by atoms with van der Waals surface area (Å²) in [7, 11) is 0. The molecular formula is C17H26N2O. The number of carbonyl (C=O) groups is 1. The van der Waals surface area contributed by atoms with E-state index < -0.39 is 6.04 Å². The summed E-state index contributed by atoms with van der Waals surface area (Å²) in [5, 5.41) is 3.17. The van der Waals surface area contributed by atoms with Crippen molar-refractivity contribution in [2.75, 3.05) is 0 Å². The molecule has 20 heavy (non-hydrogen) atoms. The Hall–Kier alpha value is -1.35. The number of hydrogen-bond donors (Lipinski definition) is 2. The van der Waals surface area contributed by atoms with Crippen LogP contribution in [0.1, 0.15) is 45.1 Å². The summed E-state index contributed by atoms with van der Waals surface area (Å²) in [6.45, 7) is 4.47. The molecule has 1 aromatic rings. The van der Waals surface area contributed by atoms with Crippen LogP contribution in [0.15, 0.2) is 30.3 Å². The van der Waals surface area contributed by atoms with E-state index in [-0.39, 0.29) is 17.4 Å². The van der Waals surface area contributed by atoms with E-state index in [1.807, 2.05) is 30.3 Å². The van der Waals surface area contributed by atoms with Gasteiger partial charge in [-0.1, -0.05) is 57.0 Å². The van der Waals surface area contributed by atoms with Gasteiger partial charge in [-0.3, -0.25) is 4.79 Å². The van der Waals surface area contributed by atoms with Crippen molar-refractivity contribution in [2.45, 2.75) is 58.0 Å². The molecule has 2 atom stereocenters. The highest BCUT2D eigenvalue weighted by Crippen LogP contribution is 2.35. The maximum atomic E-state index is 12.3. The second-order valence-corrected chi connectivity index (χ2v) is 6.59. The fourth-order valence-corrected chi connectivity index (χ4v) is 3.00. The predicted octanol–water partition coefficient (Wildman–Crippen LogP) is 2.64. The van der Waals surface area contributed by atoms with Crippen molar-refractivity contribution < 1.29 is 4.79 Å². The van der Waals surface area contributed by atoms with Gasteiger partial charge in [0.15, 0.2) is 0 Å². The third-order valence-corrected chi connectivity index (χ3v) is 4.46. The fourth-order valence-electron chi connectivity index (χ4n) is 3.00. The summed E-state index contributed by atoms with van der Waals surface area (Å²) in [6.07, 6.45) is 5.29. The zero-order valence-corrected chi connectivity index (χ0v) is 12.6. The number of nitrogens with one attached hydrogen (secondary N) is 1. The highest BCUT2D eigenvalue weighted by molar-refractivity contribution is 5.82. The lowest BCUT2D eigenvalue weighted by atomic mass is 9.73. The van der Waals surface area contributed by atoms with E-state index in [0.717, 1.165) is 12.0 Å². The molecule has 0 radical (unpaired) electrons. The zero-order chi connectivity index (χ0) is 14.6. The normalized spacial score (nSPS) is 23.1. The molecular weight excluding hydrogens is 248 g/mol. The van der Waals surface area contributed by atoms with Crippen LogP contribution in [0.4, 0.5) is 0 Å². The average Bonchev–Trinajstić information content (AvgIpc) is 2.42. The van der Waals surface area contributed by atoms with Gasteiger partial charge >= 0.3 is 0 Å².